The minimum atomic E-state index is -1.36. The number of hydrogen-bond donors (Lipinski definition) is 2. The fourth-order valence-corrected chi connectivity index (χ4v) is 1.80. The average molecular weight is 291 g/mol. The molecular formula is C12H13N5O4. The lowest BCUT2D eigenvalue weighted by Crippen LogP contribution is -2.11. The first-order valence-corrected chi connectivity index (χ1v) is 6.07. The van der Waals surface area contributed by atoms with Gasteiger partial charge in [0, 0.05) is 38.5 Å². The van der Waals surface area contributed by atoms with E-state index in [4.69, 9.17) is 5.11 Å². The third-order valence-electron chi connectivity index (χ3n) is 2.89. The van der Waals surface area contributed by atoms with Gasteiger partial charge in [-0.2, -0.15) is 0 Å². The van der Waals surface area contributed by atoms with E-state index in [1.807, 2.05) is 17.8 Å². The van der Waals surface area contributed by atoms with Gasteiger partial charge in [-0.05, 0) is 0 Å². The molecule has 0 amide bonds. The topological polar surface area (TPSA) is 123 Å². The van der Waals surface area contributed by atoms with Gasteiger partial charge in [0.15, 0.2) is 0 Å². The fraction of sp³-hybridized carbons (Fsp3) is 0.250. The molecule has 0 fully saturated rings. The second-order valence-electron chi connectivity index (χ2n) is 4.28. The maximum absolute atomic E-state index is 11.0. The Balaban J connectivity index is 2.07. The molecule has 0 aliphatic heterocycles. The lowest BCUT2D eigenvalue weighted by atomic mass is 10.2. The van der Waals surface area contributed by atoms with Gasteiger partial charge in [0.05, 0.1) is 4.92 Å². The van der Waals surface area contributed by atoms with E-state index >= 15 is 0 Å². The maximum atomic E-state index is 11.0. The molecule has 0 spiro atoms. The SMILES string of the molecule is Cn1ccnc1CCNc1cc(C(=O)O)c([N+](=O)[O-])cn1. The number of carboxylic acids is 1. The van der Waals surface area contributed by atoms with Gasteiger partial charge in [-0.15, -0.1) is 0 Å². The van der Waals surface area contributed by atoms with Crippen LogP contribution in [-0.4, -0.2) is 37.1 Å². The molecule has 9 nitrogen and oxygen atoms in total. The van der Waals surface area contributed by atoms with Gasteiger partial charge in [-0.3, -0.25) is 10.1 Å². The second-order valence-corrected chi connectivity index (χ2v) is 4.28. The van der Waals surface area contributed by atoms with E-state index in [1.165, 1.54) is 0 Å². The summed E-state index contributed by atoms with van der Waals surface area (Å²) in [5, 5.41) is 22.6. The highest BCUT2D eigenvalue weighted by Gasteiger charge is 2.20. The van der Waals surface area contributed by atoms with E-state index in [2.05, 4.69) is 15.3 Å². The van der Waals surface area contributed by atoms with Crippen LogP contribution in [-0.2, 0) is 13.5 Å². The zero-order valence-electron chi connectivity index (χ0n) is 11.2. The molecular weight excluding hydrogens is 278 g/mol. The van der Waals surface area contributed by atoms with Crippen LogP contribution in [0, 0.1) is 10.1 Å². The van der Waals surface area contributed by atoms with E-state index < -0.39 is 22.1 Å². The fourth-order valence-electron chi connectivity index (χ4n) is 1.80. The molecule has 2 rings (SSSR count). The Hall–Kier alpha value is -2.97. The summed E-state index contributed by atoms with van der Waals surface area (Å²) in [5.74, 6) is -0.230. The normalized spacial score (nSPS) is 10.3. The van der Waals surface area contributed by atoms with Crippen LogP contribution >= 0.6 is 0 Å². The summed E-state index contributed by atoms with van der Waals surface area (Å²) in [4.78, 5) is 28.9. The molecule has 110 valence electrons. The third-order valence-corrected chi connectivity index (χ3v) is 2.89. The number of aromatic carboxylic acids is 1. The number of hydrogen-bond acceptors (Lipinski definition) is 6. The van der Waals surface area contributed by atoms with Gasteiger partial charge < -0.3 is 15.0 Å². The van der Waals surface area contributed by atoms with E-state index in [1.54, 1.807) is 6.20 Å². The quantitative estimate of drug-likeness (QED) is 0.602. The first kappa shape index (κ1) is 14.4. The molecule has 0 radical (unpaired) electrons. The average Bonchev–Trinajstić information content (AvgIpc) is 2.84. The Bertz CT molecular complexity index is 682. The number of carboxylic acid groups (broad SMARTS) is 1. The molecule has 2 aromatic heterocycles. The number of aryl methyl sites for hydroxylation is 1. The number of rotatable bonds is 6. The third kappa shape index (κ3) is 3.32. The van der Waals surface area contributed by atoms with Crippen LogP contribution < -0.4 is 5.32 Å². The van der Waals surface area contributed by atoms with Crippen molar-refractivity contribution < 1.29 is 14.8 Å². The molecule has 0 unspecified atom stereocenters. The molecule has 0 aliphatic rings. The Labute approximate surface area is 119 Å². The van der Waals surface area contributed by atoms with Gasteiger partial charge >= 0.3 is 11.7 Å². The molecule has 9 heteroatoms. The summed E-state index contributed by atoms with van der Waals surface area (Å²) >= 11 is 0. The summed E-state index contributed by atoms with van der Waals surface area (Å²) in [7, 11) is 1.87. The number of nitrogens with one attached hydrogen (secondary N) is 1. The van der Waals surface area contributed by atoms with Gasteiger partial charge in [-0.25, -0.2) is 14.8 Å². The molecule has 0 atom stereocenters. The van der Waals surface area contributed by atoms with Crippen molar-refractivity contribution in [3.05, 3.63) is 46.2 Å². The van der Waals surface area contributed by atoms with Crippen LogP contribution in [0.1, 0.15) is 16.2 Å². The number of carbonyl (C=O) groups is 1. The van der Waals surface area contributed by atoms with Gasteiger partial charge in [-0.1, -0.05) is 0 Å². The second kappa shape index (κ2) is 5.99. The predicted molar refractivity (Wildman–Crippen MR) is 73.3 cm³/mol. The van der Waals surface area contributed by atoms with Crippen LogP contribution in [0.4, 0.5) is 11.5 Å². The Morgan fingerprint density at radius 3 is 2.86 bits per heavy atom. The molecule has 2 N–H and O–H groups in total. The van der Waals surface area contributed by atoms with Crippen molar-refractivity contribution >= 4 is 17.5 Å². The zero-order valence-corrected chi connectivity index (χ0v) is 11.2. The van der Waals surface area contributed by atoms with Gasteiger partial charge in [0.2, 0.25) is 0 Å². The minimum Gasteiger partial charge on any atom is -0.477 e. The molecule has 0 aromatic carbocycles. The Morgan fingerprint density at radius 2 is 2.29 bits per heavy atom. The molecule has 0 saturated heterocycles. The van der Waals surface area contributed by atoms with Crippen LogP contribution in [0.15, 0.2) is 24.7 Å². The lowest BCUT2D eigenvalue weighted by molar-refractivity contribution is -0.385. The highest BCUT2D eigenvalue weighted by atomic mass is 16.6. The number of nitro groups is 1. The first-order chi connectivity index (χ1) is 9.99. The largest absolute Gasteiger partial charge is 0.477 e. The molecule has 0 aliphatic carbocycles. The molecule has 2 heterocycles. The number of aromatic nitrogens is 3. The van der Waals surface area contributed by atoms with Crippen LogP contribution in [0.3, 0.4) is 0 Å². The van der Waals surface area contributed by atoms with Crippen molar-refractivity contribution in [2.24, 2.45) is 7.05 Å². The molecule has 2 aromatic rings. The number of imidazole rings is 1. The van der Waals surface area contributed by atoms with Gasteiger partial charge in [0.25, 0.3) is 0 Å². The van der Waals surface area contributed by atoms with Crippen molar-refractivity contribution in [1.29, 1.82) is 0 Å². The van der Waals surface area contributed by atoms with E-state index in [0.29, 0.717) is 13.0 Å². The first-order valence-electron chi connectivity index (χ1n) is 6.07. The highest BCUT2D eigenvalue weighted by molar-refractivity contribution is 5.93. The summed E-state index contributed by atoms with van der Waals surface area (Å²) in [6, 6.07) is 1.15. The summed E-state index contributed by atoms with van der Waals surface area (Å²) in [6.07, 6.45) is 5.06. The Morgan fingerprint density at radius 1 is 1.52 bits per heavy atom. The number of pyridine rings is 1. The van der Waals surface area contributed by atoms with Crippen molar-refractivity contribution in [2.75, 3.05) is 11.9 Å². The number of nitrogens with zero attached hydrogens (tertiary/aromatic N) is 4. The smallest absolute Gasteiger partial charge is 0.342 e. The number of anilines is 1. The highest BCUT2D eigenvalue weighted by Crippen LogP contribution is 2.20. The van der Waals surface area contributed by atoms with Crippen LogP contribution in [0.25, 0.3) is 0 Å². The maximum Gasteiger partial charge on any atom is 0.342 e. The lowest BCUT2D eigenvalue weighted by Gasteiger charge is -2.06. The summed E-state index contributed by atoms with van der Waals surface area (Å²) in [5.41, 5.74) is -0.924. The monoisotopic (exact) mass is 291 g/mol. The van der Waals surface area contributed by atoms with Crippen LogP contribution in [0.2, 0.25) is 0 Å². The molecule has 0 bridgehead atoms. The van der Waals surface area contributed by atoms with Crippen molar-refractivity contribution in [3.63, 3.8) is 0 Å². The van der Waals surface area contributed by atoms with Gasteiger partial charge in [0.1, 0.15) is 23.4 Å². The standard InChI is InChI=1S/C12H13N5O4/c1-16-5-4-14-11(16)2-3-13-10-6-8(12(18)19)9(7-15-10)17(20)21/h4-7H,2-3H2,1H3,(H,13,15)(H,18,19). The predicted octanol–water partition coefficient (Wildman–Crippen LogP) is 1.08. The summed E-state index contributed by atoms with van der Waals surface area (Å²) < 4.78 is 1.87. The Kier molecular flexibility index (Phi) is 4.12. The molecule has 21 heavy (non-hydrogen) atoms. The minimum absolute atomic E-state index is 0.271. The van der Waals surface area contributed by atoms with E-state index in [-0.39, 0.29) is 5.82 Å². The van der Waals surface area contributed by atoms with E-state index in [9.17, 15) is 14.9 Å². The molecule has 0 saturated carbocycles. The zero-order chi connectivity index (χ0) is 15.4. The van der Waals surface area contributed by atoms with Crippen molar-refractivity contribution in [1.82, 2.24) is 14.5 Å². The van der Waals surface area contributed by atoms with Crippen molar-refractivity contribution in [3.8, 4) is 0 Å². The van der Waals surface area contributed by atoms with E-state index in [0.717, 1.165) is 18.1 Å². The van der Waals surface area contributed by atoms with Crippen LogP contribution in [0.5, 0.6) is 0 Å². The summed E-state index contributed by atoms with van der Waals surface area (Å²) in [6.45, 7) is 0.481. The van der Waals surface area contributed by atoms with Crippen molar-refractivity contribution in [2.45, 2.75) is 6.42 Å².